The van der Waals surface area contributed by atoms with E-state index < -0.39 is 30.8 Å². The molecular formula is C17H21ClF2N4O2. The molecule has 0 bridgehead atoms. The average Bonchev–Trinajstić information content (AvgIpc) is 3.10. The number of alkyl halides is 2. The van der Waals surface area contributed by atoms with Gasteiger partial charge in [-0.05, 0) is 23.6 Å². The Kier molecular flexibility index (Phi) is 5.87. The van der Waals surface area contributed by atoms with Gasteiger partial charge in [0.2, 0.25) is 11.8 Å². The molecule has 0 saturated carbocycles. The third kappa shape index (κ3) is 4.31. The lowest BCUT2D eigenvalue weighted by Crippen LogP contribution is -2.35. The van der Waals surface area contributed by atoms with Crippen LogP contribution in [0.1, 0.15) is 6.42 Å². The van der Waals surface area contributed by atoms with Crippen molar-refractivity contribution in [3.05, 3.63) is 30.5 Å². The van der Waals surface area contributed by atoms with Gasteiger partial charge in [0.1, 0.15) is 6.54 Å². The molecule has 1 atom stereocenters. The van der Waals surface area contributed by atoms with E-state index in [9.17, 15) is 18.4 Å². The van der Waals surface area contributed by atoms with Crippen LogP contribution in [0.2, 0.25) is 0 Å². The van der Waals surface area contributed by atoms with Crippen molar-refractivity contribution in [2.24, 2.45) is 0 Å². The number of nitrogens with one attached hydrogen (secondary N) is 2. The summed E-state index contributed by atoms with van der Waals surface area (Å²) in [6.07, 6.45) is 1.30. The summed E-state index contributed by atoms with van der Waals surface area (Å²) in [6.45, 7) is -0.302. The predicted molar refractivity (Wildman–Crippen MR) is 97.9 cm³/mol. The second kappa shape index (κ2) is 7.59. The van der Waals surface area contributed by atoms with Gasteiger partial charge >= 0.3 is 0 Å². The zero-order valence-electron chi connectivity index (χ0n) is 14.5. The average molecular weight is 387 g/mol. The maximum Gasteiger partial charge on any atom is 0.262 e. The Balaban J connectivity index is 0.00000243. The van der Waals surface area contributed by atoms with Gasteiger partial charge in [-0.15, -0.1) is 12.4 Å². The number of halogens is 3. The third-order valence-electron chi connectivity index (χ3n) is 4.27. The highest BCUT2D eigenvalue weighted by molar-refractivity contribution is 5.97. The molecular weight excluding hydrogens is 366 g/mol. The number of carbonyl (C=O) groups excluding carboxylic acids is 2. The van der Waals surface area contributed by atoms with E-state index in [0.717, 1.165) is 10.9 Å². The third-order valence-corrected chi connectivity index (χ3v) is 4.27. The van der Waals surface area contributed by atoms with Crippen molar-refractivity contribution in [1.82, 2.24) is 14.8 Å². The molecule has 1 aromatic heterocycles. The zero-order valence-corrected chi connectivity index (χ0v) is 15.3. The second-order valence-corrected chi connectivity index (χ2v) is 6.49. The molecule has 0 aliphatic carbocycles. The number of amides is 2. The van der Waals surface area contributed by atoms with Crippen molar-refractivity contribution >= 4 is 40.8 Å². The van der Waals surface area contributed by atoms with Gasteiger partial charge in [-0.1, -0.05) is 6.07 Å². The number of likely N-dealkylation sites (N-methyl/N-ethyl adjacent to an activating group) is 1. The number of fused-ring (bicyclic) bond motifs is 1. The van der Waals surface area contributed by atoms with Gasteiger partial charge in [-0.2, -0.15) is 0 Å². The topological polar surface area (TPSA) is 66.4 Å². The van der Waals surface area contributed by atoms with Crippen LogP contribution < -0.4 is 10.6 Å². The van der Waals surface area contributed by atoms with Gasteiger partial charge in [0.05, 0.1) is 18.1 Å². The summed E-state index contributed by atoms with van der Waals surface area (Å²) in [6, 6.07) is 6.24. The normalized spacial score (nSPS) is 18.4. The number of aromatic nitrogens is 1. The number of carbonyl (C=O) groups is 2. The summed E-state index contributed by atoms with van der Waals surface area (Å²) in [5.74, 6) is -3.39. The van der Waals surface area contributed by atoms with E-state index in [1.165, 1.54) is 4.90 Å². The smallest absolute Gasteiger partial charge is 0.262 e. The molecule has 1 aliphatic heterocycles. The summed E-state index contributed by atoms with van der Waals surface area (Å²) in [7, 11) is 3.37. The van der Waals surface area contributed by atoms with E-state index in [1.54, 1.807) is 37.0 Å². The molecule has 142 valence electrons. The Labute approximate surface area is 155 Å². The van der Waals surface area contributed by atoms with Crippen LogP contribution in [0.3, 0.4) is 0 Å². The second-order valence-electron chi connectivity index (χ2n) is 6.49. The van der Waals surface area contributed by atoms with Crippen LogP contribution in [0.15, 0.2) is 30.5 Å². The molecule has 1 unspecified atom stereocenters. The van der Waals surface area contributed by atoms with E-state index in [-0.39, 0.29) is 24.9 Å². The van der Waals surface area contributed by atoms with Crippen LogP contribution in [0, 0.1) is 0 Å². The number of benzene rings is 1. The molecule has 1 aliphatic rings. The SMILES string of the molecule is CN(C)C(=O)Cn1ccc2ccc(NC(=O)C3CC(F)(F)CN3)cc21.Cl. The van der Waals surface area contributed by atoms with Gasteiger partial charge in [0.25, 0.3) is 5.92 Å². The summed E-state index contributed by atoms with van der Waals surface area (Å²) < 4.78 is 28.2. The summed E-state index contributed by atoms with van der Waals surface area (Å²) >= 11 is 0. The van der Waals surface area contributed by atoms with Crippen molar-refractivity contribution < 1.29 is 18.4 Å². The van der Waals surface area contributed by atoms with Crippen molar-refractivity contribution in [1.29, 1.82) is 0 Å². The van der Waals surface area contributed by atoms with Gasteiger partial charge in [-0.3, -0.25) is 14.9 Å². The highest BCUT2D eigenvalue weighted by Gasteiger charge is 2.42. The van der Waals surface area contributed by atoms with Gasteiger partial charge in [-0.25, -0.2) is 8.78 Å². The van der Waals surface area contributed by atoms with E-state index in [1.807, 2.05) is 12.1 Å². The lowest BCUT2D eigenvalue weighted by molar-refractivity contribution is -0.129. The number of rotatable bonds is 4. The molecule has 2 N–H and O–H groups in total. The highest BCUT2D eigenvalue weighted by atomic mass is 35.5. The first-order valence-corrected chi connectivity index (χ1v) is 7.96. The van der Waals surface area contributed by atoms with E-state index >= 15 is 0 Å². The first-order chi connectivity index (χ1) is 11.7. The lowest BCUT2D eigenvalue weighted by Gasteiger charge is -2.13. The first kappa shape index (κ1) is 20.1. The Bertz CT molecular complexity index is 822. The minimum Gasteiger partial charge on any atom is -0.347 e. The van der Waals surface area contributed by atoms with Crippen LogP contribution in [-0.2, 0) is 16.1 Å². The van der Waals surface area contributed by atoms with Crippen LogP contribution in [0.4, 0.5) is 14.5 Å². The summed E-state index contributed by atoms with van der Waals surface area (Å²) in [5, 5.41) is 6.12. The maximum absolute atomic E-state index is 13.2. The van der Waals surface area contributed by atoms with E-state index in [0.29, 0.717) is 5.69 Å². The number of hydrogen-bond donors (Lipinski definition) is 2. The van der Waals surface area contributed by atoms with Gasteiger partial charge < -0.3 is 14.8 Å². The van der Waals surface area contributed by atoms with Crippen LogP contribution in [0.25, 0.3) is 10.9 Å². The van der Waals surface area contributed by atoms with E-state index in [4.69, 9.17) is 0 Å². The molecule has 26 heavy (non-hydrogen) atoms. The van der Waals surface area contributed by atoms with Crippen molar-refractivity contribution in [2.45, 2.75) is 24.9 Å². The van der Waals surface area contributed by atoms with Crippen molar-refractivity contribution in [3.8, 4) is 0 Å². The molecule has 6 nitrogen and oxygen atoms in total. The molecule has 1 aromatic carbocycles. The summed E-state index contributed by atoms with van der Waals surface area (Å²) in [4.78, 5) is 25.6. The van der Waals surface area contributed by atoms with Crippen LogP contribution in [-0.4, -0.2) is 53.9 Å². The summed E-state index contributed by atoms with van der Waals surface area (Å²) in [5.41, 5.74) is 1.30. The molecule has 9 heteroatoms. The molecule has 3 rings (SSSR count). The minimum absolute atomic E-state index is 0. The number of hydrogen-bond acceptors (Lipinski definition) is 3. The molecule has 2 aromatic rings. The Morgan fingerprint density at radius 2 is 2.08 bits per heavy atom. The van der Waals surface area contributed by atoms with Crippen LogP contribution in [0.5, 0.6) is 0 Å². The molecule has 0 radical (unpaired) electrons. The van der Waals surface area contributed by atoms with Crippen molar-refractivity contribution in [3.63, 3.8) is 0 Å². The molecule has 1 saturated heterocycles. The van der Waals surface area contributed by atoms with Gasteiger partial charge in [0.15, 0.2) is 0 Å². The number of anilines is 1. The van der Waals surface area contributed by atoms with Crippen LogP contribution >= 0.6 is 12.4 Å². The Hall–Kier alpha value is -2.19. The molecule has 1 fully saturated rings. The Morgan fingerprint density at radius 1 is 1.35 bits per heavy atom. The lowest BCUT2D eigenvalue weighted by atomic mass is 10.1. The fourth-order valence-corrected chi connectivity index (χ4v) is 2.82. The fourth-order valence-electron chi connectivity index (χ4n) is 2.82. The first-order valence-electron chi connectivity index (χ1n) is 7.96. The minimum atomic E-state index is -2.85. The largest absolute Gasteiger partial charge is 0.347 e. The van der Waals surface area contributed by atoms with Gasteiger partial charge in [0, 0.05) is 32.4 Å². The molecule has 2 heterocycles. The predicted octanol–water partition coefficient (Wildman–Crippen LogP) is 2.09. The zero-order chi connectivity index (χ0) is 18.2. The maximum atomic E-state index is 13.2. The molecule has 0 spiro atoms. The Morgan fingerprint density at radius 3 is 2.69 bits per heavy atom. The number of nitrogens with zero attached hydrogens (tertiary/aromatic N) is 2. The quantitative estimate of drug-likeness (QED) is 0.845. The van der Waals surface area contributed by atoms with Crippen molar-refractivity contribution in [2.75, 3.05) is 26.0 Å². The van der Waals surface area contributed by atoms with E-state index in [2.05, 4.69) is 10.6 Å². The fraction of sp³-hybridized carbons (Fsp3) is 0.412. The monoisotopic (exact) mass is 386 g/mol. The standard InChI is InChI=1S/C17H20F2N4O2.ClH/c1-22(2)15(24)9-23-6-5-11-3-4-12(7-14(11)23)21-16(25)13-8-17(18,19)10-20-13;/h3-7,13,20H,8-10H2,1-2H3,(H,21,25);1H. The highest BCUT2D eigenvalue weighted by Crippen LogP contribution is 2.26. The molecule has 2 amide bonds.